The zero-order valence-corrected chi connectivity index (χ0v) is 20.6. The second-order valence-corrected chi connectivity index (χ2v) is 9.48. The number of carbonyl (C=O) groups is 1. The topological polar surface area (TPSA) is 61.4 Å². The van der Waals surface area contributed by atoms with Crippen LogP contribution in [0, 0.1) is 0 Å². The van der Waals surface area contributed by atoms with Gasteiger partial charge in [0.2, 0.25) is 0 Å². The van der Waals surface area contributed by atoms with Gasteiger partial charge in [-0.25, -0.2) is 9.97 Å². The molecule has 0 aliphatic carbocycles. The van der Waals surface area contributed by atoms with Crippen molar-refractivity contribution >= 4 is 17.3 Å². The number of hydrogen-bond donors (Lipinski definition) is 1. The number of carbonyl (C=O) groups excluding carboxylic acids is 1. The van der Waals surface area contributed by atoms with E-state index in [-0.39, 0.29) is 5.69 Å². The Morgan fingerprint density at radius 3 is 2.56 bits per heavy atom. The molecular formula is C27H30F3N5O. The fourth-order valence-electron chi connectivity index (χ4n) is 4.75. The third kappa shape index (κ3) is 6.02. The summed E-state index contributed by atoms with van der Waals surface area (Å²) in [6, 6.07) is 9.26. The summed E-state index contributed by atoms with van der Waals surface area (Å²) in [6.07, 6.45) is 2.56. The molecule has 1 amide bonds. The molecule has 1 aliphatic rings. The van der Waals surface area contributed by atoms with Gasteiger partial charge in [0.15, 0.2) is 0 Å². The number of nitrogens with zero attached hydrogens (tertiary/aromatic N) is 4. The van der Waals surface area contributed by atoms with E-state index in [2.05, 4.69) is 27.1 Å². The molecular weight excluding hydrogens is 467 g/mol. The molecule has 2 aromatic carbocycles. The van der Waals surface area contributed by atoms with Crippen LogP contribution in [0.3, 0.4) is 0 Å². The van der Waals surface area contributed by atoms with Gasteiger partial charge in [0.25, 0.3) is 5.91 Å². The largest absolute Gasteiger partial charge is 0.416 e. The number of amides is 1. The molecule has 1 aliphatic heterocycles. The van der Waals surface area contributed by atoms with Crippen molar-refractivity contribution < 1.29 is 18.0 Å². The number of rotatable bonds is 7. The highest BCUT2D eigenvalue weighted by molar-refractivity contribution is 6.04. The molecule has 36 heavy (non-hydrogen) atoms. The van der Waals surface area contributed by atoms with Gasteiger partial charge in [0, 0.05) is 36.8 Å². The minimum atomic E-state index is -4.51. The van der Waals surface area contributed by atoms with Crippen molar-refractivity contribution in [2.45, 2.75) is 44.9 Å². The summed E-state index contributed by atoms with van der Waals surface area (Å²) in [5.41, 5.74) is 3.35. The van der Waals surface area contributed by atoms with Crippen LogP contribution in [0.15, 0.2) is 55.1 Å². The number of hydrogen-bond acceptors (Lipinski definition) is 5. The van der Waals surface area contributed by atoms with E-state index in [0.717, 1.165) is 42.8 Å². The van der Waals surface area contributed by atoms with Crippen molar-refractivity contribution in [3.63, 3.8) is 0 Å². The summed E-state index contributed by atoms with van der Waals surface area (Å²) in [5, 5.41) is 2.68. The molecule has 4 rings (SSSR count). The Morgan fingerprint density at radius 1 is 1.14 bits per heavy atom. The average Bonchev–Trinajstić information content (AvgIpc) is 2.83. The van der Waals surface area contributed by atoms with Crippen LogP contribution < -0.4 is 10.2 Å². The number of anilines is 2. The Kier molecular flexibility index (Phi) is 7.59. The van der Waals surface area contributed by atoms with E-state index < -0.39 is 17.6 Å². The predicted octanol–water partition coefficient (Wildman–Crippen LogP) is 5.71. The Bertz CT molecular complexity index is 1210. The van der Waals surface area contributed by atoms with Crippen molar-refractivity contribution in [3.05, 3.63) is 82.9 Å². The quantitative estimate of drug-likeness (QED) is 0.453. The third-order valence-electron chi connectivity index (χ3n) is 6.27. The zero-order chi connectivity index (χ0) is 25.9. The van der Waals surface area contributed by atoms with Gasteiger partial charge in [-0.3, -0.25) is 4.79 Å². The molecule has 6 nitrogen and oxygen atoms in total. The van der Waals surface area contributed by atoms with E-state index in [1.165, 1.54) is 11.9 Å². The van der Waals surface area contributed by atoms with Crippen molar-refractivity contribution in [1.29, 1.82) is 0 Å². The molecule has 2 heterocycles. The van der Waals surface area contributed by atoms with Gasteiger partial charge in [-0.05, 0) is 67.5 Å². The summed E-state index contributed by atoms with van der Waals surface area (Å²) in [6.45, 7) is 3.90. The number of halogens is 3. The number of benzene rings is 2. The number of nitrogens with one attached hydrogen (secondary N) is 1. The summed E-state index contributed by atoms with van der Waals surface area (Å²) >= 11 is 0. The molecule has 1 unspecified atom stereocenters. The lowest BCUT2D eigenvalue weighted by atomic mass is 9.85. The normalized spacial score (nSPS) is 15.6. The van der Waals surface area contributed by atoms with Gasteiger partial charge in [0.05, 0.1) is 23.6 Å². The Labute approximate surface area is 209 Å². The van der Waals surface area contributed by atoms with Gasteiger partial charge in [-0.1, -0.05) is 19.4 Å². The number of fused-ring (bicyclic) bond motifs is 1. The van der Waals surface area contributed by atoms with Crippen LogP contribution in [0.4, 0.5) is 24.5 Å². The number of alkyl halides is 3. The fraction of sp³-hybridized carbons (Fsp3) is 0.370. The van der Waals surface area contributed by atoms with Crippen molar-refractivity contribution in [2.24, 2.45) is 0 Å². The van der Waals surface area contributed by atoms with E-state index >= 15 is 0 Å². The molecule has 0 saturated carbocycles. The molecule has 1 atom stereocenters. The van der Waals surface area contributed by atoms with Crippen LogP contribution in [-0.4, -0.2) is 41.4 Å². The first-order chi connectivity index (χ1) is 17.1. The SMILES string of the molecule is CCCC1CN(c2cncnc2)Cc2cc(C(=O)Nc3cc(CN(C)C)cc(C(F)(F)F)c3)ccc21. The maximum Gasteiger partial charge on any atom is 0.416 e. The van der Waals surface area contributed by atoms with Gasteiger partial charge in [-0.2, -0.15) is 13.2 Å². The molecule has 3 aromatic rings. The van der Waals surface area contributed by atoms with Crippen LogP contribution in [0.25, 0.3) is 0 Å². The van der Waals surface area contributed by atoms with Crippen LogP contribution in [0.5, 0.6) is 0 Å². The molecule has 0 radical (unpaired) electrons. The Morgan fingerprint density at radius 2 is 1.89 bits per heavy atom. The molecule has 0 bridgehead atoms. The summed E-state index contributed by atoms with van der Waals surface area (Å²) in [5.74, 6) is -0.145. The Hall–Kier alpha value is -3.46. The summed E-state index contributed by atoms with van der Waals surface area (Å²) in [7, 11) is 3.56. The molecule has 0 saturated heterocycles. The minimum Gasteiger partial charge on any atom is -0.364 e. The first-order valence-electron chi connectivity index (χ1n) is 11.9. The smallest absolute Gasteiger partial charge is 0.364 e. The molecule has 0 spiro atoms. The Balaban J connectivity index is 1.61. The van der Waals surface area contributed by atoms with Gasteiger partial charge in [0.1, 0.15) is 6.33 Å². The standard InChI is InChI=1S/C27H30F3N5O/c1-4-5-20-15-35(24-12-31-17-32-13-24)16-21-10-19(6-7-25(20)21)26(36)33-23-9-18(14-34(2)3)8-22(11-23)27(28,29)30/h6-13,17,20H,4-5,14-16H2,1-3H3,(H,33,36). The predicted molar refractivity (Wildman–Crippen MR) is 134 cm³/mol. The maximum atomic E-state index is 13.5. The second kappa shape index (κ2) is 10.7. The van der Waals surface area contributed by atoms with Crippen LogP contribution >= 0.6 is 0 Å². The minimum absolute atomic E-state index is 0.122. The van der Waals surface area contributed by atoms with E-state index in [4.69, 9.17) is 0 Å². The zero-order valence-electron chi connectivity index (χ0n) is 20.6. The molecule has 9 heteroatoms. The summed E-state index contributed by atoms with van der Waals surface area (Å²) < 4.78 is 40.4. The van der Waals surface area contributed by atoms with Crippen LogP contribution in [-0.2, 0) is 19.3 Å². The van der Waals surface area contributed by atoms with Crippen LogP contribution in [0.2, 0.25) is 0 Å². The van der Waals surface area contributed by atoms with E-state index in [1.54, 1.807) is 43.5 Å². The molecule has 190 valence electrons. The molecule has 1 N–H and O–H groups in total. The maximum absolute atomic E-state index is 13.5. The average molecular weight is 498 g/mol. The highest BCUT2D eigenvalue weighted by atomic mass is 19.4. The first-order valence-corrected chi connectivity index (χ1v) is 11.9. The fourth-order valence-corrected chi connectivity index (χ4v) is 4.75. The number of aromatic nitrogens is 2. The highest BCUT2D eigenvalue weighted by Crippen LogP contribution is 2.35. The van der Waals surface area contributed by atoms with E-state index in [9.17, 15) is 18.0 Å². The van der Waals surface area contributed by atoms with Gasteiger partial charge < -0.3 is 15.1 Å². The lowest BCUT2D eigenvalue weighted by Gasteiger charge is -2.36. The van der Waals surface area contributed by atoms with E-state index in [1.807, 2.05) is 12.1 Å². The lowest BCUT2D eigenvalue weighted by Crippen LogP contribution is -2.34. The van der Waals surface area contributed by atoms with Gasteiger partial charge in [-0.15, -0.1) is 0 Å². The summed E-state index contributed by atoms with van der Waals surface area (Å²) in [4.78, 5) is 25.4. The van der Waals surface area contributed by atoms with Crippen molar-refractivity contribution in [1.82, 2.24) is 14.9 Å². The molecule has 0 fully saturated rings. The third-order valence-corrected chi connectivity index (χ3v) is 6.27. The first kappa shape index (κ1) is 25.6. The lowest BCUT2D eigenvalue weighted by molar-refractivity contribution is -0.137. The highest BCUT2D eigenvalue weighted by Gasteiger charge is 2.31. The van der Waals surface area contributed by atoms with Crippen LogP contribution in [0.1, 0.15) is 58.3 Å². The van der Waals surface area contributed by atoms with Crippen molar-refractivity contribution in [3.8, 4) is 0 Å². The van der Waals surface area contributed by atoms with Crippen molar-refractivity contribution in [2.75, 3.05) is 30.9 Å². The monoisotopic (exact) mass is 497 g/mol. The van der Waals surface area contributed by atoms with E-state index in [0.29, 0.717) is 30.1 Å². The molecule has 1 aromatic heterocycles. The second-order valence-electron chi connectivity index (χ2n) is 9.48. The van der Waals surface area contributed by atoms with Gasteiger partial charge >= 0.3 is 6.18 Å².